The number of halogens is 4. The number of hydrogen-bond donors (Lipinski definition) is 0. The predicted molar refractivity (Wildman–Crippen MR) is 165 cm³/mol. The topological polar surface area (TPSA) is 22.6 Å². The van der Waals surface area contributed by atoms with Gasteiger partial charge in [-0.1, -0.05) is 48.0 Å². The third-order valence-corrected chi connectivity index (χ3v) is 8.38. The van der Waals surface area contributed by atoms with E-state index >= 15 is 0 Å². The van der Waals surface area contributed by atoms with Crippen LogP contribution < -0.4 is 9.80 Å². The Bertz CT molecular complexity index is 1150. The molecule has 1 fully saturated rings. The highest BCUT2D eigenvalue weighted by Gasteiger charge is 2.35. The summed E-state index contributed by atoms with van der Waals surface area (Å²) in [5.74, 6) is 0.000451. The van der Waals surface area contributed by atoms with Gasteiger partial charge in [-0.3, -0.25) is 9.88 Å². The number of benzene rings is 1. The Hall–Kier alpha value is -2.26. The average molecular weight is 595 g/mol. The molecule has 0 aliphatic carbocycles. The van der Waals surface area contributed by atoms with E-state index in [0.29, 0.717) is 22.7 Å². The summed E-state index contributed by atoms with van der Waals surface area (Å²) in [6.07, 6.45) is 0.0344. The summed E-state index contributed by atoms with van der Waals surface area (Å²) in [5.41, 5.74) is 4.10. The molecule has 1 aromatic carbocycles. The third-order valence-electron chi connectivity index (χ3n) is 7.93. The largest absolute Gasteiger partial charge is 0.406 e. The number of hydrogen-bond acceptors (Lipinski definition) is 5. The van der Waals surface area contributed by atoms with Gasteiger partial charge in [0, 0.05) is 48.0 Å². The fourth-order valence-corrected chi connectivity index (χ4v) is 5.76. The van der Waals surface area contributed by atoms with Crippen molar-refractivity contribution >= 4 is 29.2 Å². The molecule has 228 valence electrons. The Labute approximate surface area is 248 Å². The maximum atomic E-state index is 14.3. The number of alkyl halides is 3. The maximum Gasteiger partial charge on any atom is 0.406 e. The van der Waals surface area contributed by atoms with Crippen LogP contribution in [0.2, 0.25) is 0 Å². The highest BCUT2D eigenvalue weighted by Crippen LogP contribution is 2.41. The minimum Gasteiger partial charge on any atom is -0.368 e. The lowest BCUT2D eigenvalue weighted by atomic mass is 9.82. The Morgan fingerprint density at radius 1 is 1.05 bits per heavy atom. The van der Waals surface area contributed by atoms with E-state index in [0.717, 1.165) is 68.1 Å². The first-order valence-electron chi connectivity index (χ1n) is 14.7. The van der Waals surface area contributed by atoms with Crippen molar-refractivity contribution in [1.82, 2.24) is 9.88 Å². The van der Waals surface area contributed by atoms with Gasteiger partial charge in [-0.25, -0.2) is 0 Å². The van der Waals surface area contributed by atoms with Gasteiger partial charge in [-0.05, 0) is 73.5 Å². The van der Waals surface area contributed by atoms with Crippen LogP contribution in [0.5, 0.6) is 0 Å². The monoisotopic (exact) mass is 594 g/mol. The second kappa shape index (κ2) is 14.3. The molecular formula is C32H46F4N4S. The number of anilines is 2. The molecule has 4 nitrogen and oxygen atoms in total. The zero-order valence-electron chi connectivity index (χ0n) is 25.6. The maximum absolute atomic E-state index is 14.3. The molecule has 2 aromatic rings. The molecule has 9 heteroatoms. The molecule has 0 amide bonds. The first kappa shape index (κ1) is 33.2. The van der Waals surface area contributed by atoms with E-state index in [1.807, 2.05) is 33.0 Å². The summed E-state index contributed by atoms with van der Waals surface area (Å²) in [4.78, 5) is 11.3. The van der Waals surface area contributed by atoms with Gasteiger partial charge < -0.3 is 9.80 Å². The van der Waals surface area contributed by atoms with Crippen molar-refractivity contribution in [1.29, 1.82) is 0 Å². The molecule has 0 unspecified atom stereocenters. The fraction of sp³-hybridized carbons (Fsp3) is 0.594. The predicted octanol–water partition coefficient (Wildman–Crippen LogP) is 9.34. The van der Waals surface area contributed by atoms with Crippen LogP contribution in [0.3, 0.4) is 0 Å². The number of pyridine rings is 1. The molecule has 0 atom stereocenters. The Morgan fingerprint density at radius 3 is 2.20 bits per heavy atom. The standard InChI is InChI=1S/C32H46F4N4S/c1-8-14-38-15-17-39(18-16-38)26-19-28(29(23(3)4)37-21-26)30(24(5)20-31(6,7)9-2)40(22-32(33,34)35)25-10-12-27(41-36)13-11-25/h10-13,19,21,23H,8-9,14-18,20,22H2,1-7H3/b30-24+. The molecule has 1 aliphatic heterocycles. The van der Waals surface area contributed by atoms with Crippen LogP contribution in [0.4, 0.5) is 28.4 Å². The summed E-state index contributed by atoms with van der Waals surface area (Å²) in [5, 5.41) is 0. The summed E-state index contributed by atoms with van der Waals surface area (Å²) in [6.45, 7) is 18.1. The van der Waals surface area contributed by atoms with Crippen LogP contribution >= 0.6 is 12.1 Å². The number of nitrogens with zero attached hydrogens (tertiary/aromatic N) is 4. The van der Waals surface area contributed by atoms with E-state index in [9.17, 15) is 17.1 Å². The van der Waals surface area contributed by atoms with E-state index in [4.69, 9.17) is 4.98 Å². The third kappa shape index (κ3) is 9.11. The van der Waals surface area contributed by atoms with Crippen molar-refractivity contribution in [3.05, 3.63) is 53.4 Å². The average Bonchev–Trinajstić information content (AvgIpc) is 2.92. The Balaban J connectivity index is 2.23. The van der Waals surface area contributed by atoms with E-state index in [-0.39, 0.29) is 23.5 Å². The van der Waals surface area contributed by atoms with Gasteiger partial charge in [0.15, 0.2) is 0 Å². The first-order valence-corrected chi connectivity index (χ1v) is 15.4. The SMILES string of the molecule is CCCN1CCN(c2cnc(C(C)C)c(/C(=C(/C)CC(C)(C)CC)N(CC(F)(F)F)c3ccc(SF)cc3)c2)CC1. The first-order chi connectivity index (χ1) is 19.3. The second-order valence-electron chi connectivity index (χ2n) is 12.2. The lowest BCUT2D eigenvalue weighted by Crippen LogP contribution is -2.46. The zero-order chi connectivity index (χ0) is 30.4. The molecule has 0 N–H and O–H groups in total. The molecule has 0 bridgehead atoms. The molecule has 0 saturated carbocycles. The lowest BCUT2D eigenvalue weighted by molar-refractivity contribution is -0.118. The summed E-state index contributed by atoms with van der Waals surface area (Å²) in [7, 11) is 0. The molecule has 2 heterocycles. The molecule has 3 rings (SSSR count). The lowest BCUT2D eigenvalue weighted by Gasteiger charge is -2.37. The van der Waals surface area contributed by atoms with Crippen molar-refractivity contribution < 1.29 is 17.1 Å². The summed E-state index contributed by atoms with van der Waals surface area (Å²) < 4.78 is 56.0. The van der Waals surface area contributed by atoms with Crippen LogP contribution in [0.15, 0.2) is 47.0 Å². The Morgan fingerprint density at radius 2 is 1.68 bits per heavy atom. The molecule has 0 spiro atoms. The summed E-state index contributed by atoms with van der Waals surface area (Å²) >= 11 is 0.0798. The minimum absolute atomic E-state index is 0.000451. The number of rotatable bonds is 12. The number of aromatic nitrogens is 1. The van der Waals surface area contributed by atoms with E-state index in [2.05, 4.69) is 37.5 Å². The van der Waals surface area contributed by atoms with Crippen LogP contribution in [0.1, 0.15) is 84.9 Å². The summed E-state index contributed by atoms with van der Waals surface area (Å²) in [6, 6.07) is 8.25. The minimum atomic E-state index is -4.46. The van der Waals surface area contributed by atoms with Crippen molar-refractivity contribution in [3.8, 4) is 0 Å². The number of allylic oxidation sites excluding steroid dienone is 1. The molecule has 41 heavy (non-hydrogen) atoms. The van der Waals surface area contributed by atoms with E-state index in [1.54, 1.807) is 12.1 Å². The molecule has 0 radical (unpaired) electrons. The van der Waals surface area contributed by atoms with Crippen LogP contribution in [-0.4, -0.2) is 55.3 Å². The Kier molecular flexibility index (Phi) is 11.6. The van der Waals surface area contributed by atoms with Crippen molar-refractivity contribution in [2.24, 2.45) is 5.41 Å². The molecule has 1 aromatic heterocycles. The highest BCUT2D eigenvalue weighted by molar-refractivity contribution is 7.94. The smallest absolute Gasteiger partial charge is 0.368 e. The fourth-order valence-electron chi connectivity index (χ4n) is 5.52. The molecule has 1 aliphatic rings. The zero-order valence-corrected chi connectivity index (χ0v) is 26.4. The quantitative estimate of drug-likeness (QED) is 0.228. The number of piperazine rings is 1. The van der Waals surface area contributed by atoms with Gasteiger partial charge in [0.2, 0.25) is 0 Å². The highest BCUT2D eigenvalue weighted by atomic mass is 32.2. The van der Waals surface area contributed by atoms with Gasteiger partial charge in [-0.15, -0.1) is 0 Å². The van der Waals surface area contributed by atoms with Crippen LogP contribution in [0, 0.1) is 5.41 Å². The van der Waals surface area contributed by atoms with Gasteiger partial charge in [0.25, 0.3) is 0 Å². The van der Waals surface area contributed by atoms with Crippen molar-refractivity contribution in [2.45, 2.75) is 84.7 Å². The molecule has 1 saturated heterocycles. The van der Waals surface area contributed by atoms with Crippen molar-refractivity contribution in [3.63, 3.8) is 0 Å². The van der Waals surface area contributed by atoms with Gasteiger partial charge in [-0.2, -0.15) is 17.1 Å². The van der Waals surface area contributed by atoms with Gasteiger partial charge in [0.1, 0.15) is 6.54 Å². The van der Waals surface area contributed by atoms with Gasteiger partial charge >= 0.3 is 6.18 Å². The van der Waals surface area contributed by atoms with E-state index < -0.39 is 12.7 Å². The van der Waals surface area contributed by atoms with E-state index in [1.165, 1.54) is 17.0 Å². The second-order valence-corrected chi connectivity index (χ2v) is 12.8. The molecular weight excluding hydrogens is 548 g/mol. The van der Waals surface area contributed by atoms with Crippen molar-refractivity contribution in [2.75, 3.05) is 49.1 Å². The van der Waals surface area contributed by atoms with Crippen LogP contribution in [-0.2, 0) is 0 Å². The normalized spacial score (nSPS) is 15.9. The van der Waals surface area contributed by atoms with Gasteiger partial charge in [0.05, 0.1) is 29.7 Å². The van der Waals surface area contributed by atoms with Crippen LogP contribution in [0.25, 0.3) is 5.70 Å².